The Labute approximate surface area is 187 Å². The molecule has 1 unspecified atom stereocenters. The van der Waals surface area contributed by atoms with Gasteiger partial charge in [-0.15, -0.1) is 11.7 Å². The van der Waals surface area contributed by atoms with Crippen molar-refractivity contribution in [2.45, 2.75) is 31.5 Å². The van der Waals surface area contributed by atoms with Crippen molar-refractivity contribution in [3.8, 4) is 11.4 Å². The van der Waals surface area contributed by atoms with Crippen LogP contribution in [0.3, 0.4) is 0 Å². The summed E-state index contributed by atoms with van der Waals surface area (Å²) in [6.07, 6.45) is -0.195. The summed E-state index contributed by atoms with van der Waals surface area (Å²) in [4.78, 5) is 26.2. The lowest BCUT2D eigenvalue weighted by Crippen LogP contribution is -2.33. The third-order valence-electron chi connectivity index (χ3n) is 4.89. The van der Waals surface area contributed by atoms with E-state index in [-0.39, 0.29) is 36.1 Å². The molecule has 0 spiro atoms. The van der Waals surface area contributed by atoms with Crippen molar-refractivity contribution in [3.05, 3.63) is 48.3 Å². The van der Waals surface area contributed by atoms with Crippen LogP contribution in [0.4, 0.5) is 13.2 Å². The molecule has 0 aliphatic carbocycles. The largest absolute Gasteiger partial charge is 0.491 e. The third-order valence-corrected chi connectivity index (χ3v) is 4.89. The van der Waals surface area contributed by atoms with Gasteiger partial charge in [-0.2, -0.15) is 13.2 Å². The van der Waals surface area contributed by atoms with Crippen LogP contribution in [0.15, 0.2) is 37.1 Å². The maximum absolute atomic E-state index is 12.6. The molecule has 1 aromatic carbocycles. The monoisotopic (exact) mass is 467 g/mol. The molecule has 1 fully saturated rings. The number of unbranched alkanes of at least 4 members (excludes halogenated alkanes) is 1. The number of amides is 2. The van der Waals surface area contributed by atoms with E-state index in [2.05, 4.69) is 16.9 Å². The lowest BCUT2D eigenvalue weighted by Gasteiger charge is -2.14. The Hall–Kier alpha value is -3.41. The van der Waals surface area contributed by atoms with E-state index in [9.17, 15) is 27.9 Å². The number of carbonyl (C=O) groups excluding carboxylic acids is 2. The number of aromatic nitrogens is 3. The molecule has 2 aromatic rings. The van der Waals surface area contributed by atoms with Crippen LogP contribution < -0.4 is 10.1 Å². The van der Waals surface area contributed by atoms with Crippen LogP contribution >= 0.6 is 0 Å². The molecular formula is C21H24F3N5O4. The average Bonchev–Trinajstić information content (AvgIpc) is 3.43. The molecule has 2 heterocycles. The minimum atomic E-state index is -4.53. The van der Waals surface area contributed by atoms with Gasteiger partial charge in [-0.3, -0.25) is 9.59 Å². The molecule has 0 saturated carbocycles. The highest BCUT2D eigenvalue weighted by molar-refractivity contribution is 5.95. The number of carbonyl (C=O) groups is 2. The maximum atomic E-state index is 12.6. The molecule has 1 aliphatic rings. The zero-order chi connectivity index (χ0) is 24.0. The van der Waals surface area contributed by atoms with Gasteiger partial charge in [0.05, 0.1) is 18.9 Å². The summed E-state index contributed by atoms with van der Waals surface area (Å²) in [6.45, 7) is 3.06. The SMILES string of the molecule is C=CCCCOc1cc(C(=O)NCC(F)(F)F)ccc1-n1cc(C(=O)N2CCC(O)C2)nn1. The van der Waals surface area contributed by atoms with Crippen LogP contribution in [0.5, 0.6) is 5.75 Å². The fraction of sp³-hybridized carbons (Fsp3) is 0.429. The number of rotatable bonds is 9. The summed E-state index contributed by atoms with van der Waals surface area (Å²) in [5, 5.41) is 19.3. The van der Waals surface area contributed by atoms with Gasteiger partial charge in [0.15, 0.2) is 5.69 Å². The van der Waals surface area contributed by atoms with Gasteiger partial charge >= 0.3 is 6.18 Å². The second-order valence-corrected chi connectivity index (χ2v) is 7.50. The highest BCUT2D eigenvalue weighted by Crippen LogP contribution is 2.25. The highest BCUT2D eigenvalue weighted by atomic mass is 19.4. The van der Waals surface area contributed by atoms with Crippen molar-refractivity contribution in [2.75, 3.05) is 26.2 Å². The number of nitrogens with zero attached hydrogens (tertiary/aromatic N) is 4. The first-order valence-corrected chi connectivity index (χ1v) is 10.3. The van der Waals surface area contributed by atoms with Gasteiger partial charge in [0.2, 0.25) is 0 Å². The van der Waals surface area contributed by atoms with Gasteiger partial charge < -0.3 is 20.1 Å². The standard InChI is InChI=1S/C21H24F3N5O4/c1-2-3-4-9-33-18-10-14(19(31)25-13-21(22,23)24)5-6-17(18)29-12-16(26-27-29)20(32)28-8-7-15(30)11-28/h2,5-6,10,12,15,30H,1,3-4,7-9,11,13H2,(H,25,31). The van der Waals surface area contributed by atoms with Gasteiger partial charge in [0.1, 0.15) is 18.0 Å². The number of aliphatic hydroxyl groups excluding tert-OH is 1. The predicted octanol–water partition coefficient (Wildman–Crippen LogP) is 2.11. The number of alkyl halides is 3. The number of hydrogen-bond acceptors (Lipinski definition) is 6. The molecule has 178 valence electrons. The zero-order valence-electron chi connectivity index (χ0n) is 17.7. The molecule has 1 atom stereocenters. The van der Waals surface area contributed by atoms with Gasteiger partial charge in [-0.1, -0.05) is 11.3 Å². The smallest absolute Gasteiger partial charge is 0.405 e. The second-order valence-electron chi connectivity index (χ2n) is 7.50. The van der Waals surface area contributed by atoms with E-state index in [0.29, 0.717) is 31.5 Å². The highest BCUT2D eigenvalue weighted by Gasteiger charge is 2.29. The lowest BCUT2D eigenvalue weighted by atomic mass is 10.1. The summed E-state index contributed by atoms with van der Waals surface area (Å²) in [5.74, 6) is -1.09. The fourth-order valence-electron chi connectivity index (χ4n) is 3.22. The number of ether oxygens (including phenoxy) is 1. The van der Waals surface area contributed by atoms with Gasteiger partial charge in [-0.25, -0.2) is 4.68 Å². The Morgan fingerprint density at radius 2 is 2.15 bits per heavy atom. The van der Waals surface area contributed by atoms with E-state index in [1.165, 1.54) is 34.0 Å². The summed E-state index contributed by atoms with van der Waals surface area (Å²) in [5.41, 5.74) is 0.395. The number of nitrogens with one attached hydrogen (secondary N) is 1. The number of hydrogen-bond donors (Lipinski definition) is 2. The molecule has 0 bridgehead atoms. The third kappa shape index (κ3) is 6.54. The molecule has 2 amide bonds. The van der Waals surface area contributed by atoms with Crippen molar-refractivity contribution in [1.82, 2.24) is 25.2 Å². The molecule has 0 radical (unpaired) electrons. The maximum Gasteiger partial charge on any atom is 0.405 e. The number of allylic oxidation sites excluding steroid dienone is 1. The Kier molecular flexibility index (Phi) is 7.69. The van der Waals surface area contributed by atoms with E-state index >= 15 is 0 Å². The number of β-amino-alcohol motifs (C(OH)–C–C–N with tert-alkyl or cyclic N) is 1. The molecule has 1 aromatic heterocycles. The molecule has 33 heavy (non-hydrogen) atoms. The van der Waals surface area contributed by atoms with Crippen LogP contribution in [-0.2, 0) is 0 Å². The first-order valence-electron chi connectivity index (χ1n) is 10.3. The molecular weight excluding hydrogens is 443 g/mol. The van der Waals surface area contributed by atoms with Crippen molar-refractivity contribution in [1.29, 1.82) is 0 Å². The normalized spacial score (nSPS) is 16.0. The molecule has 3 rings (SSSR count). The van der Waals surface area contributed by atoms with Crippen LogP contribution in [-0.4, -0.2) is 75.3 Å². The Morgan fingerprint density at radius 3 is 2.82 bits per heavy atom. The quantitative estimate of drug-likeness (QED) is 0.432. The average molecular weight is 467 g/mol. The predicted molar refractivity (Wildman–Crippen MR) is 111 cm³/mol. The van der Waals surface area contributed by atoms with E-state index in [1.807, 2.05) is 5.32 Å². The van der Waals surface area contributed by atoms with Crippen LogP contribution in [0.2, 0.25) is 0 Å². The van der Waals surface area contributed by atoms with Crippen molar-refractivity contribution < 1.29 is 32.6 Å². The minimum absolute atomic E-state index is 0.0239. The van der Waals surface area contributed by atoms with Crippen molar-refractivity contribution >= 4 is 11.8 Å². The number of halogens is 3. The van der Waals surface area contributed by atoms with Crippen LogP contribution in [0.25, 0.3) is 5.69 Å². The molecule has 2 N–H and O–H groups in total. The fourth-order valence-corrected chi connectivity index (χ4v) is 3.22. The molecule has 12 heteroatoms. The Bertz CT molecular complexity index is 1010. The lowest BCUT2D eigenvalue weighted by molar-refractivity contribution is -0.123. The Balaban J connectivity index is 1.82. The van der Waals surface area contributed by atoms with E-state index in [0.717, 1.165) is 0 Å². The Morgan fingerprint density at radius 1 is 1.36 bits per heavy atom. The summed E-state index contributed by atoms with van der Waals surface area (Å²) < 4.78 is 44.3. The number of benzene rings is 1. The zero-order valence-corrected chi connectivity index (χ0v) is 17.7. The van der Waals surface area contributed by atoms with Gasteiger partial charge in [0.25, 0.3) is 11.8 Å². The summed E-state index contributed by atoms with van der Waals surface area (Å²) >= 11 is 0. The van der Waals surface area contributed by atoms with Crippen LogP contribution in [0, 0.1) is 0 Å². The number of aliphatic hydroxyl groups is 1. The number of likely N-dealkylation sites (tertiary alicyclic amines) is 1. The van der Waals surface area contributed by atoms with Crippen molar-refractivity contribution in [3.63, 3.8) is 0 Å². The van der Waals surface area contributed by atoms with E-state index < -0.39 is 24.7 Å². The summed E-state index contributed by atoms with van der Waals surface area (Å²) in [7, 11) is 0. The first kappa shape index (κ1) is 24.2. The second kappa shape index (κ2) is 10.5. The van der Waals surface area contributed by atoms with Crippen molar-refractivity contribution in [2.24, 2.45) is 0 Å². The molecule has 1 saturated heterocycles. The van der Waals surface area contributed by atoms with Crippen LogP contribution in [0.1, 0.15) is 40.1 Å². The minimum Gasteiger partial charge on any atom is -0.491 e. The molecule has 1 aliphatic heterocycles. The van der Waals surface area contributed by atoms with E-state index in [1.54, 1.807) is 6.08 Å². The van der Waals surface area contributed by atoms with E-state index in [4.69, 9.17) is 4.74 Å². The topological polar surface area (TPSA) is 110 Å². The molecule has 9 nitrogen and oxygen atoms in total. The summed E-state index contributed by atoms with van der Waals surface area (Å²) in [6, 6.07) is 4.10. The van der Waals surface area contributed by atoms with Gasteiger partial charge in [0, 0.05) is 18.7 Å². The first-order chi connectivity index (χ1) is 15.7. The van der Waals surface area contributed by atoms with Gasteiger partial charge in [-0.05, 0) is 37.5 Å².